The molecule has 2 aromatic carbocycles. The second-order valence-electron chi connectivity index (χ2n) is 5.58. The molecule has 25 heavy (non-hydrogen) atoms. The SMILES string of the molecule is COc1ccc(NC(=O)C[NH+](C)CCOc2ccc(Cl)cc2Cl)cc1. The first-order chi connectivity index (χ1) is 12.0. The summed E-state index contributed by atoms with van der Waals surface area (Å²) in [6.07, 6.45) is 0. The van der Waals surface area contributed by atoms with Crippen LogP contribution < -0.4 is 19.7 Å². The molecule has 7 heteroatoms. The fraction of sp³-hybridized carbons (Fsp3) is 0.278. The van der Waals surface area contributed by atoms with Gasteiger partial charge < -0.3 is 19.7 Å². The highest BCUT2D eigenvalue weighted by atomic mass is 35.5. The van der Waals surface area contributed by atoms with E-state index in [0.29, 0.717) is 35.5 Å². The minimum absolute atomic E-state index is 0.0628. The van der Waals surface area contributed by atoms with Gasteiger partial charge in [-0.2, -0.15) is 0 Å². The van der Waals surface area contributed by atoms with Crippen molar-refractivity contribution in [2.24, 2.45) is 0 Å². The van der Waals surface area contributed by atoms with E-state index in [0.717, 1.165) is 16.3 Å². The Hall–Kier alpha value is -1.95. The summed E-state index contributed by atoms with van der Waals surface area (Å²) in [6, 6.07) is 12.3. The Balaban J connectivity index is 1.73. The molecule has 0 radical (unpaired) electrons. The number of amides is 1. The molecule has 0 spiro atoms. The number of carbonyl (C=O) groups excluding carboxylic acids is 1. The summed E-state index contributed by atoms with van der Waals surface area (Å²) < 4.78 is 10.7. The van der Waals surface area contributed by atoms with E-state index in [4.69, 9.17) is 32.7 Å². The van der Waals surface area contributed by atoms with Crippen LogP contribution >= 0.6 is 23.2 Å². The number of ether oxygens (including phenoxy) is 2. The van der Waals surface area contributed by atoms with Gasteiger partial charge >= 0.3 is 0 Å². The van der Waals surface area contributed by atoms with Crippen molar-refractivity contribution < 1.29 is 19.2 Å². The van der Waals surface area contributed by atoms with E-state index in [1.165, 1.54) is 0 Å². The molecular formula is C18H21Cl2N2O3+. The van der Waals surface area contributed by atoms with Crippen LogP contribution in [-0.2, 0) is 4.79 Å². The van der Waals surface area contributed by atoms with Crippen molar-refractivity contribution in [2.45, 2.75) is 0 Å². The lowest BCUT2D eigenvalue weighted by molar-refractivity contribution is -0.871. The van der Waals surface area contributed by atoms with Gasteiger partial charge in [-0.25, -0.2) is 0 Å². The highest BCUT2D eigenvalue weighted by Gasteiger charge is 2.11. The van der Waals surface area contributed by atoms with Crippen LogP contribution in [0.4, 0.5) is 5.69 Å². The Kier molecular flexibility index (Phi) is 7.37. The summed E-state index contributed by atoms with van der Waals surface area (Å²) in [4.78, 5) is 13.1. The number of benzene rings is 2. The van der Waals surface area contributed by atoms with Crippen molar-refractivity contribution in [3.05, 3.63) is 52.5 Å². The van der Waals surface area contributed by atoms with Gasteiger partial charge in [0.1, 0.15) is 24.7 Å². The molecule has 0 aliphatic rings. The number of quaternary nitrogens is 1. The zero-order valence-electron chi connectivity index (χ0n) is 14.1. The van der Waals surface area contributed by atoms with E-state index in [9.17, 15) is 4.79 Å². The van der Waals surface area contributed by atoms with Gasteiger partial charge in [0.15, 0.2) is 6.54 Å². The van der Waals surface area contributed by atoms with Gasteiger partial charge in [-0.15, -0.1) is 0 Å². The first kappa shape index (κ1) is 19.4. The Morgan fingerprint density at radius 1 is 1.16 bits per heavy atom. The average Bonchev–Trinajstić information content (AvgIpc) is 2.57. The number of rotatable bonds is 8. The Bertz CT molecular complexity index is 708. The molecule has 0 heterocycles. The topological polar surface area (TPSA) is 52.0 Å². The number of halogens is 2. The molecule has 134 valence electrons. The minimum atomic E-state index is -0.0628. The average molecular weight is 384 g/mol. The molecule has 0 saturated carbocycles. The Morgan fingerprint density at radius 2 is 1.88 bits per heavy atom. The quantitative estimate of drug-likeness (QED) is 0.736. The van der Waals surface area contributed by atoms with Crippen molar-refractivity contribution in [1.29, 1.82) is 0 Å². The van der Waals surface area contributed by atoms with Gasteiger partial charge in [-0.05, 0) is 42.5 Å². The summed E-state index contributed by atoms with van der Waals surface area (Å²) in [5.74, 6) is 1.27. The molecule has 2 rings (SSSR count). The van der Waals surface area contributed by atoms with Gasteiger partial charge in [0.05, 0.1) is 19.2 Å². The summed E-state index contributed by atoms with van der Waals surface area (Å²) in [6.45, 7) is 1.45. The molecule has 2 aromatic rings. The monoisotopic (exact) mass is 383 g/mol. The van der Waals surface area contributed by atoms with Crippen LogP contribution in [0, 0.1) is 0 Å². The molecule has 0 aromatic heterocycles. The lowest BCUT2D eigenvalue weighted by Gasteiger charge is -2.15. The second kappa shape index (κ2) is 9.51. The number of carbonyl (C=O) groups is 1. The molecular weight excluding hydrogens is 363 g/mol. The zero-order valence-corrected chi connectivity index (χ0v) is 15.7. The highest BCUT2D eigenvalue weighted by Crippen LogP contribution is 2.27. The van der Waals surface area contributed by atoms with E-state index < -0.39 is 0 Å². The van der Waals surface area contributed by atoms with E-state index in [-0.39, 0.29) is 5.91 Å². The van der Waals surface area contributed by atoms with E-state index in [1.54, 1.807) is 49.6 Å². The third-order valence-corrected chi connectivity index (χ3v) is 4.05. The number of anilines is 1. The molecule has 5 nitrogen and oxygen atoms in total. The summed E-state index contributed by atoms with van der Waals surface area (Å²) in [5, 5.41) is 3.90. The number of methoxy groups -OCH3 is 1. The lowest BCUT2D eigenvalue weighted by Crippen LogP contribution is -3.10. The number of hydrogen-bond donors (Lipinski definition) is 2. The molecule has 0 aliphatic carbocycles. The van der Waals surface area contributed by atoms with Crippen LogP contribution in [0.25, 0.3) is 0 Å². The molecule has 0 saturated heterocycles. The van der Waals surface area contributed by atoms with Gasteiger partial charge in [-0.3, -0.25) is 4.79 Å². The first-order valence-corrected chi connectivity index (χ1v) is 8.56. The zero-order chi connectivity index (χ0) is 18.2. The van der Waals surface area contributed by atoms with Crippen molar-refractivity contribution >= 4 is 34.8 Å². The molecule has 1 unspecified atom stereocenters. The third kappa shape index (κ3) is 6.46. The van der Waals surface area contributed by atoms with Crippen molar-refractivity contribution in [3.63, 3.8) is 0 Å². The lowest BCUT2D eigenvalue weighted by atomic mass is 10.3. The summed E-state index contributed by atoms with van der Waals surface area (Å²) in [5.41, 5.74) is 0.739. The smallest absolute Gasteiger partial charge is 0.279 e. The number of hydrogen-bond acceptors (Lipinski definition) is 3. The predicted octanol–water partition coefficient (Wildman–Crippen LogP) is 2.53. The van der Waals surface area contributed by atoms with E-state index >= 15 is 0 Å². The number of nitrogens with one attached hydrogen (secondary N) is 2. The van der Waals surface area contributed by atoms with Gasteiger partial charge in [0.2, 0.25) is 0 Å². The van der Waals surface area contributed by atoms with E-state index in [1.807, 2.05) is 7.05 Å². The summed E-state index contributed by atoms with van der Waals surface area (Å²) in [7, 11) is 3.53. The highest BCUT2D eigenvalue weighted by molar-refractivity contribution is 6.35. The maximum atomic E-state index is 12.1. The fourth-order valence-electron chi connectivity index (χ4n) is 2.17. The molecule has 0 bridgehead atoms. The fourth-order valence-corrected chi connectivity index (χ4v) is 2.63. The van der Waals surface area contributed by atoms with Crippen molar-refractivity contribution in [3.8, 4) is 11.5 Å². The van der Waals surface area contributed by atoms with E-state index in [2.05, 4.69) is 5.32 Å². The van der Waals surface area contributed by atoms with Crippen LogP contribution in [0.1, 0.15) is 0 Å². The molecule has 2 N–H and O–H groups in total. The maximum absolute atomic E-state index is 12.1. The van der Waals surface area contributed by atoms with Crippen molar-refractivity contribution in [1.82, 2.24) is 0 Å². The molecule has 1 atom stereocenters. The third-order valence-electron chi connectivity index (χ3n) is 3.52. The van der Waals surface area contributed by atoms with Gasteiger partial charge in [0.25, 0.3) is 5.91 Å². The second-order valence-corrected chi connectivity index (χ2v) is 6.43. The minimum Gasteiger partial charge on any atom is -0.497 e. The van der Waals surface area contributed by atoms with Crippen LogP contribution in [0.5, 0.6) is 11.5 Å². The molecule has 0 fully saturated rings. The van der Waals surface area contributed by atoms with Gasteiger partial charge in [-0.1, -0.05) is 23.2 Å². The molecule has 1 amide bonds. The first-order valence-electron chi connectivity index (χ1n) is 7.81. The predicted molar refractivity (Wildman–Crippen MR) is 100 cm³/mol. The van der Waals surface area contributed by atoms with Crippen LogP contribution in [0.2, 0.25) is 10.0 Å². The Labute approximate surface area is 157 Å². The van der Waals surface area contributed by atoms with Crippen LogP contribution in [-0.4, -0.2) is 39.8 Å². The maximum Gasteiger partial charge on any atom is 0.279 e. The summed E-state index contributed by atoms with van der Waals surface area (Å²) >= 11 is 11.9. The normalized spacial score (nSPS) is 11.7. The number of likely N-dealkylation sites (N-methyl/N-ethyl adjacent to an activating group) is 1. The standard InChI is InChI=1S/C18H20Cl2N2O3/c1-22(9-10-25-17-8-3-13(19)11-16(17)20)12-18(23)21-14-4-6-15(24-2)7-5-14/h3-8,11H,9-10,12H2,1-2H3,(H,21,23)/p+1. The van der Waals surface area contributed by atoms with Crippen LogP contribution in [0.3, 0.4) is 0 Å². The van der Waals surface area contributed by atoms with Gasteiger partial charge in [0, 0.05) is 10.7 Å². The molecule has 0 aliphatic heterocycles. The van der Waals surface area contributed by atoms with Crippen LogP contribution in [0.15, 0.2) is 42.5 Å². The Morgan fingerprint density at radius 3 is 2.52 bits per heavy atom. The largest absolute Gasteiger partial charge is 0.497 e. The van der Waals surface area contributed by atoms with Crippen molar-refractivity contribution in [2.75, 3.05) is 39.2 Å².